The molecular formula is C19H23F2N3O3S. The van der Waals surface area contributed by atoms with Gasteiger partial charge < -0.3 is 9.47 Å². The van der Waals surface area contributed by atoms with E-state index in [1.165, 1.54) is 0 Å². The van der Waals surface area contributed by atoms with Crippen molar-refractivity contribution >= 4 is 15.9 Å². The zero-order valence-electron chi connectivity index (χ0n) is 16.1. The lowest BCUT2D eigenvalue weighted by atomic mass is 10.2. The van der Waals surface area contributed by atoms with E-state index in [4.69, 9.17) is 0 Å². The second-order valence-electron chi connectivity index (χ2n) is 6.80. The Balaban J connectivity index is 1.75. The van der Waals surface area contributed by atoms with E-state index in [9.17, 15) is 22.0 Å². The Kier molecular flexibility index (Phi) is 5.58. The predicted octanol–water partition coefficient (Wildman–Crippen LogP) is 2.55. The fourth-order valence-corrected chi connectivity index (χ4v) is 5.12. The summed E-state index contributed by atoms with van der Waals surface area (Å²) in [7, 11) is -4.17. The molecule has 1 amide bonds. The smallest absolute Gasteiger partial charge is 0.255 e. The molecule has 0 N–H and O–H groups in total. The van der Waals surface area contributed by atoms with Crippen molar-refractivity contribution in [2.24, 2.45) is 0 Å². The van der Waals surface area contributed by atoms with E-state index < -0.39 is 26.6 Å². The van der Waals surface area contributed by atoms with Crippen LogP contribution in [-0.2, 0) is 16.6 Å². The van der Waals surface area contributed by atoms with Crippen LogP contribution in [0.2, 0.25) is 0 Å². The van der Waals surface area contributed by atoms with E-state index in [0.29, 0.717) is 11.6 Å². The van der Waals surface area contributed by atoms with Crippen molar-refractivity contribution in [3.8, 4) is 0 Å². The molecule has 0 unspecified atom stereocenters. The number of carbonyl (C=O) groups excluding carboxylic acids is 1. The summed E-state index contributed by atoms with van der Waals surface area (Å²) in [5.41, 5.74) is 2.47. The highest BCUT2D eigenvalue weighted by molar-refractivity contribution is 7.89. The summed E-state index contributed by atoms with van der Waals surface area (Å²) in [5, 5.41) is 0. The number of hydrogen-bond acceptors (Lipinski definition) is 3. The third-order valence-electron chi connectivity index (χ3n) is 5.16. The van der Waals surface area contributed by atoms with E-state index >= 15 is 0 Å². The zero-order valence-corrected chi connectivity index (χ0v) is 16.9. The highest BCUT2D eigenvalue weighted by Crippen LogP contribution is 2.23. The Morgan fingerprint density at radius 2 is 1.71 bits per heavy atom. The van der Waals surface area contributed by atoms with Gasteiger partial charge in [-0.1, -0.05) is 0 Å². The normalized spacial score (nSPS) is 15.8. The van der Waals surface area contributed by atoms with Crippen LogP contribution in [0.5, 0.6) is 0 Å². The molecule has 3 rings (SSSR count). The highest BCUT2D eigenvalue weighted by Gasteiger charge is 2.33. The third-order valence-corrected chi connectivity index (χ3v) is 7.07. The molecular weight excluding hydrogens is 388 g/mol. The lowest BCUT2D eigenvalue weighted by Gasteiger charge is -2.34. The number of amides is 1. The van der Waals surface area contributed by atoms with Crippen molar-refractivity contribution in [3.63, 3.8) is 0 Å². The van der Waals surface area contributed by atoms with E-state index in [1.807, 2.05) is 31.4 Å². The number of rotatable bonds is 4. The van der Waals surface area contributed by atoms with Crippen molar-refractivity contribution in [2.45, 2.75) is 32.2 Å². The van der Waals surface area contributed by atoms with Gasteiger partial charge in [0.1, 0.15) is 16.5 Å². The number of aryl methyl sites for hydroxylation is 1. The van der Waals surface area contributed by atoms with Crippen LogP contribution in [0.1, 0.15) is 28.7 Å². The van der Waals surface area contributed by atoms with Gasteiger partial charge in [0.05, 0.1) is 5.56 Å². The van der Waals surface area contributed by atoms with E-state index in [0.717, 1.165) is 34.4 Å². The van der Waals surface area contributed by atoms with E-state index in [1.54, 1.807) is 4.90 Å². The summed E-state index contributed by atoms with van der Waals surface area (Å²) < 4.78 is 55.8. The van der Waals surface area contributed by atoms with Crippen molar-refractivity contribution in [1.82, 2.24) is 13.8 Å². The largest absolute Gasteiger partial charge is 0.349 e. The lowest BCUT2D eigenvalue weighted by Crippen LogP contribution is -2.50. The minimum atomic E-state index is -4.17. The fraction of sp³-hybridized carbons (Fsp3) is 0.421. The van der Waals surface area contributed by atoms with Crippen molar-refractivity contribution in [3.05, 3.63) is 52.9 Å². The SMILES string of the molecule is CCn1c(C)cc(C(=O)N2CCN(S(=O)(=O)c3cc(F)ccc3F)CC2)c1C. The molecule has 0 atom stereocenters. The number of carbonyl (C=O) groups is 1. The molecule has 0 radical (unpaired) electrons. The van der Waals surface area contributed by atoms with Crippen LogP contribution in [0, 0.1) is 25.5 Å². The van der Waals surface area contributed by atoms with Crippen LogP contribution in [0.25, 0.3) is 0 Å². The fourth-order valence-electron chi connectivity index (χ4n) is 3.62. The quantitative estimate of drug-likeness (QED) is 0.777. The second-order valence-corrected chi connectivity index (χ2v) is 8.71. The maximum atomic E-state index is 13.9. The molecule has 2 heterocycles. The topological polar surface area (TPSA) is 62.6 Å². The van der Waals surface area contributed by atoms with Gasteiger partial charge in [-0.25, -0.2) is 17.2 Å². The average Bonchev–Trinajstić information content (AvgIpc) is 2.96. The Morgan fingerprint density at radius 3 is 2.29 bits per heavy atom. The summed E-state index contributed by atoms with van der Waals surface area (Å²) in [6.45, 7) is 7.00. The van der Waals surface area contributed by atoms with Crippen LogP contribution in [0.4, 0.5) is 8.78 Å². The zero-order chi connectivity index (χ0) is 20.6. The molecule has 0 spiro atoms. The molecule has 1 aromatic heterocycles. The van der Waals surface area contributed by atoms with Crippen molar-refractivity contribution in [2.75, 3.05) is 26.2 Å². The first-order chi connectivity index (χ1) is 13.2. The minimum absolute atomic E-state index is 0.0243. The first-order valence-electron chi connectivity index (χ1n) is 9.08. The van der Waals surface area contributed by atoms with Crippen LogP contribution in [-0.4, -0.2) is 54.3 Å². The van der Waals surface area contributed by atoms with Crippen LogP contribution in [0.3, 0.4) is 0 Å². The number of sulfonamides is 1. The minimum Gasteiger partial charge on any atom is -0.349 e. The molecule has 1 aromatic carbocycles. The maximum Gasteiger partial charge on any atom is 0.255 e. The molecule has 0 bridgehead atoms. The molecule has 0 aliphatic carbocycles. The first kappa shape index (κ1) is 20.5. The molecule has 9 heteroatoms. The number of hydrogen-bond donors (Lipinski definition) is 0. The molecule has 152 valence electrons. The standard InChI is InChI=1S/C19H23F2N3O3S/c1-4-24-13(2)11-16(14(24)3)19(25)22-7-9-23(10-8-22)28(26,27)18-12-15(20)5-6-17(18)21/h5-6,11-12H,4,7-10H2,1-3H3. The van der Waals surface area contributed by atoms with Crippen LogP contribution < -0.4 is 0 Å². The van der Waals surface area contributed by atoms with Gasteiger partial charge in [0.15, 0.2) is 0 Å². The molecule has 1 fully saturated rings. The predicted molar refractivity (Wildman–Crippen MR) is 101 cm³/mol. The van der Waals surface area contributed by atoms with Gasteiger partial charge in [-0.05, 0) is 45.0 Å². The number of piperazine rings is 1. The van der Waals surface area contributed by atoms with E-state index in [2.05, 4.69) is 0 Å². The van der Waals surface area contributed by atoms with Crippen LogP contribution in [0.15, 0.2) is 29.2 Å². The summed E-state index contributed by atoms with van der Waals surface area (Å²) in [5.74, 6) is -1.96. The van der Waals surface area contributed by atoms with Gasteiger partial charge >= 0.3 is 0 Å². The maximum absolute atomic E-state index is 13.9. The van der Waals surface area contributed by atoms with Crippen molar-refractivity contribution in [1.29, 1.82) is 0 Å². The number of benzene rings is 1. The Morgan fingerprint density at radius 1 is 1.07 bits per heavy atom. The molecule has 6 nitrogen and oxygen atoms in total. The number of halogens is 2. The Bertz CT molecular complexity index is 1010. The van der Waals surface area contributed by atoms with Gasteiger partial charge in [-0.15, -0.1) is 0 Å². The Hall–Kier alpha value is -2.26. The highest BCUT2D eigenvalue weighted by atomic mass is 32.2. The van der Waals surface area contributed by atoms with Crippen molar-refractivity contribution < 1.29 is 22.0 Å². The Labute approximate surface area is 163 Å². The van der Waals surface area contributed by atoms with Gasteiger partial charge in [0, 0.05) is 44.1 Å². The average molecular weight is 411 g/mol. The van der Waals surface area contributed by atoms with E-state index in [-0.39, 0.29) is 32.1 Å². The lowest BCUT2D eigenvalue weighted by molar-refractivity contribution is 0.0697. The van der Waals surface area contributed by atoms with Gasteiger partial charge in [0.2, 0.25) is 10.0 Å². The monoisotopic (exact) mass is 411 g/mol. The summed E-state index contributed by atoms with van der Waals surface area (Å²) in [6, 6.07) is 4.19. The third kappa shape index (κ3) is 3.56. The molecule has 1 aliphatic heterocycles. The summed E-state index contributed by atoms with van der Waals surface area (Å²) in [4.78, 5) is 13.8. The van der Waals surface area contributed by atoms with Gasteiger partial charge in [-0.3, -0.25) is 4.79 Å². The summed E-state index contributed by atoms with van der Waals surface area (Å²) >= 11 is 0. The number of aromatic nitrogens is 1. The van der Waals surface area contributed by atoms with Crippen LogP contribution >= 0.6 is 0 Å². The second kappa shape index (κ2) is 7.63. The van der Waals surface area contributed by atoms with Gasteiger partial charge in [0.25, 0.3) is 5.91 Å². The first-order valence-corrected chi connectivity index (χ1v) is 10.5. The summed E-state index contributed by atoms with van der Waals surface area (Å²) in [6.07, 6.45) is 0. The van der Waals surface area contributed by atoms with Gasteiger partial charge in [-0.2, -0.15) is 4.31 Å². The molecule has 28 heavy (non-hydrogen) atoms. The molecule has 0 saturated carbocycles. The molecule has 1 saturated heterocycles. The molecule has 2 aromatic rings. The number of nitrogens with zero attached hydrogens (tertiary/aromatic N) is 3. The molecule has 1 aliphatic rings.